The van der Waals surface area contributed by atoms with Crippen molar-refractivity contribution in [3.63, 3.8) is 0 Å². The van der Waals surface area contributed by atoms with Crippen molar-refractivity contribution in [2.45, 2.75) is 20.0 Å². The molecular weight excluding hydrogens is 264 g/mol. The molecule has 21 heavy (non-hydrogen) atoms. The van der Waals surface area contributed by atoms with Gasteiger partial charge in [-0.2, -0.15) is 0 Å². The molecule has 0 saturated carbocycles. The van der Waals surface area contributed by atoms with Crippen LogP contribution in [-0.4, -0.2) is 19.7 Å². The van der Waals surface area contributed by atoms with Crippen LogP contribution in [0.2, 0.25) is 0 Å². The normalized spacial score (nSPS) is 12.0. The molecule has 2 aromatic rings. The summed E-state index contributed by atoms with van der Waals surface area (Å²) in [5.74, 6) is -0.373. The Morgan fingerprint density at radius 1 is 1.00 bits per heavy atom. The van der Waals surface area contributed by atoms with Crippen molar-refractivity contribution in [2.75, 3.05) is 13.7 Å². The van der Waals surface area contributed by atoms with Gasteiger partial charge in [0.1, 0.15) is 12.7 Å². The van der Waals surface area contributed by atoms with Gasteiger partial charge in [0.2, 0.25) is 0 Å². The lowest BCUT2D eigenvalue weighted by Gasteiger charge is -2.22. The second-order valence-corrected chi connectivity index (χ2v) is 4.98. The van der Waals surface area contributed by atoms with Gasteiger partial charge in [0.05, 0.1) is 7.11 Å². The molecule has 0 spiro atoms. The Morgan fingerprint density at radius 2 is 1.62 bits per heavy atom. The van der Waals surface area contributed by atoms with Crippen molar-refractivity contribution in [2.24, 2.45) is 0 Å². The molecule has 0 aliphatic heterocycles. The van der Waals surface area contributed by atoms with Gasteiger partial charge in [-0.3, -0.25) is 0 Å². The van der Waals surface area contributed by atoms with E-state index in [-0.39, 0.29) is 18.7 Å². The molecule has 2 rings (SSSR count). The fourth-order valence-corrected chi connectivity index (χ4v) is 2.43. The van der Waals surface area contributed by atoms with Gasteiger partial charge in [-0.25, -0.2) is 4.79 Å². The molecule has 0 aromatic heterocycles. The Balaban J connectivity index is 2.38. The first-order valence-corrected chi connectivity index (χ1v) is 6.93. The summed E-state index contributed by atoms with van der Waals surface area (Å²) in [7, 11) is 1.36. The van der Waals surface area contributed by atoms with E-state index in [4.69, 9.17) is 4.74 Å². The average Bonchev–Trinajstić information content (AvgIpc) is 2.50. The molecule has 0 heterocycles. The molecule has 0 bridgehead atoms. The highest BCUT2D eigenvalue weighted by molar-refractivity contribution is 5.70. The van der Waals surface area contributed by atoms with Crippen molar-refractivity contribution < 1.29 is 14.3 Å². The molecule has 3 nitrogen and oxygen atoms in total. The highest BCUT2D eigenvalue weighted by atomic mass is 16.6. The minimum atomic E-state index is -0.373. The fraction of sp³-hybridized carbons (Fsp3) is 0.278. The number of aryl methyl sites for hydroxylation is 2. The van der Waals surface area contributed by atoms with Crippen molar-refractivity contribution >= 4 is 5.97 Å². The number of carbonyl (C=O) groups excluding carboxylic acids is 1. The number of rotatable bonds is 5. The van der Waals surface area contributed by atoms with E-state index in [0.717, 1.165) is 22.3 Å². The Bertz CT molecular complexity index is 585. The fourth-order valence-electron chi connectivity index (χ4n) is 2.43. The van der Waals surface area contributed by atoms with Crippen LogP contribution in [0.4, 0.5) is 0 Å². The van der Waals surface area contributed by atoms with E-state index in [1.807, 2.05) is 36.4 Å². The van der Waals surface area contributed by atoms with Crippen LogP contribution in [0.5, 0.6) is 0 Å². The molecule has 0 amide bonds. The number of carbonyl (C=O) groups is 1. The summed E-state index contributed by atoms with van der Waals surface area (Å²) >= 11 is 0. The second kappa shape index (κ2) is 7.04. The number of methoxy groups -OCH3 is 1. The highest BCUT2D eigenvalue weighted by Gasteiger charge is 2.20. The van der Waals surface area contributed by atoms with Gasteiger partial charge in [0.15, 0.2) is 0 Å². The minimum Gasteiger partial charge on any atom is -0.467 e. The maximum atomic E-state index is 11.4. The maximum Gasteiger partial charge on any atom is 0.331 e. The van der Waals surface area contributed by atoms with E-state index in [1.165, 1.54) is 7.11 Å². The van der Waals surface area contributed by atoms with Crippen LogP contribution in [0.15, 0.2) is 48.5 Å². The van der Waals surface area contributed by atoms with Crippen LogP contribution in [0.25, 0.3) is 0 Å². The molecule has 0 radical (unpaired) electrons. The largest absolute Gasteiger partial charge is 0.467 e. The first-order valence-electron chi connectivity index (χ1n) is 6.93. The van der Waals surface area contributed by atoms with E-state index in [2.05, 4.69) is 30.7 Å². The van der Waals surface area contributed by atoms with Crippen LogP contribution in [-0.2, 0) is 14.3 Å². The van der Waals surface area contributed by atoms with Crippen molar-refractivity contribution in [1.29, 1.82) is 0 Å². The number of hydrogen-bond donors (Lipinski definition) is 0. The molecule has 1 atom stereocenters. The lowest BCUT2D eigenvalue weighted by Crippen LogP contribution is -2.16. The summed E-state index contributed by atoms with van der Waals surface area (Å²) in [6.45, 7) is 4.05. The van der Waals surface area contributed by atoms with Crippen LogP contribution >= 0.6 is 0 Å². The summed E-state index contributed by atoms with van der Waals surface area (Å²) in [5.41, 5.74) is 4.42. The summed E-state index contributed by atoms with van der Waals surface area (Å²) in [6, 6.07) is 16.1. The Morgan fingerprint density at radius 3 is 2.19 bits per heavy atom. The lowest BCUT2D eigenvalue weighted by atomic mass is 9.93. The zero-order valence-corrected chi connectivity index (χ0v) is 12.6. The van der Waals surface area contributed by atoms with Gasteiger partial charge in [-0.1, -0.05) is 48.5 Å². The van der Waals surface area contributed by atoms with Crippen LogP contribution in [0, 0.1) is 13.8 Å². The standard InChI is InChI=1S/C18H20O3/c1-13-8-7-9-14(2)17(13)18(21-12-16(19)20-3)15-10-5-4-6-11-15/h4-11,18H,12H2,1-3H3. The zero-order valence-electron chi connectivity index (χ0n) is 12.6. The molecule has 1 unspecified atom stereocenters. The van der Waals surface area contributed by atoms with Crippen LogP contribution in [0.3, 0.4) is 0 Å². The molecule has 0 aliphatic carbocycles. The number of esters is 1. The zero-order chi connectivity index (χ0) is 15.2. The lowest BCUT2D eigenvalue weighted by molar-refractivity contribution is -0.147. The number of hydrogen-bond acceptors (Lipinski definition) is 3. The Hall–Kier alpha value is -2.13. The smallest absolute Gasteiger partial charge is 0.331 e. The molecular formula is C18H20O3. The van der Waals surface area contributed by atoms with E-state index in [1.54, 1.807) is 0 Å². The number of benzene rings is 2. The van der Waals surface area contributed by atoms with Gasteiger partial charge >= 0.3 is 5.97 Å². The predicted octanol–water partition coefficient (Wildman–Crippen LogP) is 3.58. The first-order chi connectivity index (χ1) is 10.1. The molecule has 2 aromatic carbocycles. The number of ether oxygens (including phenoxy) is 2. The molecule has 0 fully saturated rings. The third-order valence-electron chi connectivity index (χ3n) is 3.50. The Labute approximate surface area is 125 Å². The predicted molar refractivity (Wildman–Crippen MR) is 82.2 cm³/mol. The monoisotopic (exact) mass is 284 g/mol. The second-order valence-electron chi connectivity index (χ2n) is 4.98. The summed E-state index contributed by atoms with van der Waals surface area (Å²) < 4.78 is 10.5. The molecule has 0 aliphatic rings. The third kappa shape index (κ3) is 3.70. The maximum absolute atomic E-state index is 11.4. The van der Waals surface area contributed by atoms with Crippen molar-refractivity contribution in [1.82, 2.24) is 0 Å². The van der Waals surface area contributed by atoms with E-state index >= 15 is 0 Å². The van der Waals surface area contributed by atoms with Crippen LogP contribution in [0.1, 0.15) is 28.4 Å². The van der Waals surface area contributed by atoms with E-state index in [0.29, 0.717) is 0 Å². The molecule has 110 valence electrons. The van der Waals surface area contributed by atoms with Gasteiger partial charge in [-0.05, 0) is 36.1 Å². The minimum absolute atomic E-state index is 0.0656. The summed E-state index contributed by atoms with van der Waals surface area (Å²) in [4.78, 5) is 11.4. The van der Waals surface area contributed by atoms with Crippen LogP contribution < -0.4 is 0 Å². The topological polar surface area (TPSA) is 35.5 Å². The molecule has 3 heteroatoms. The van der Waals surface area contributed by atoms with Gasteiger partial charge in [-0.15, -0.1) is 0 Å². The van der Waals surface area contributed by atoms with Crippen molar-refractivity contribution in [3.8, 4) is 0 Å². The third-order valence-corrected chi connectivity index (χ3v) is 3.50. The SMILES string of the molecule is COC(=O)COC(c1ccccc1)c1c(C)cccc1C. The average molecular weight is 284 g/mol. The van der Waals surface area contributed by atoms with E-state index in [9.17, 15) is 4.79 Å². The quantitative estimate of drug-likeness (QED) is 0.787. The van der Waals surface area contributed by atoms with Gasteiger partial charge in [0, 0.05) is 0 Å². The highest BCUT2D eigenvalue weighted by Crippen LogP contribution is 2.30. The van der Waals surface area contributed by atoms with Gasteiger partial charge in [0.25, 0.3) is 0 Å². The van der Waals surface area contributed by atoms with Crippen molar-refractivity contribution in [3.05, 3.63) is 70.8 Å². The summed E-state index contributed by atoms with van der Waals surface area (Å²) in [6.07, 6.45) is -0.272. The summed E-state index contributed by atoms with van der Waals surface area (Å²) in [5, 5.41) is 0. The Kier molecular flexibility index (Phi) is 5.12. The van der Waals surface area contributed by atoms with Gasteiger partial charge < -0.3 is 9.47 Å². The molecule has 0 N–H and O–H groups in total. The van der Waals surface area contributed by atoms with E-state index < -0.39 is 0 Å². The molecule has 0 saturated heterocycles. The first kappa shape index (κ1) is 15.3.